The molecule has 4 saturated carbocycles. The van der Waals surface area contributed by atoms with E-state index in [0.29, 0.717) is 38.5 Å². The summed E-state index contributed by atoms with van der Waals surface area (Å²) in [5.74, 6) is -4.12. The molecule has 7 aliphatic heterocycles. The van der Waals surface area contributed by atoms with Crippen molar-refractivity contribution in [3.8, 4) is 0 Å². The third kappa shape index (κ3) is 14.2. The van der Waals surface area contributed by atoms with Crippen LogP contribution in [0.15, 0.2) is 11.6 Å². The first-order chi connectivity index (χ1) is 49.8. The third-order valence-electron chi connectivity index (χ3n) is 26.6. The Morgan fingerprint density at radius 3 is 1.55 bits per heavy atom. The van der Waals surface area contributed by atoms with E-state index in [1.807, 2.05) is 6.92 Å². The van der Waals surface area contributed by atoms with Crippen molar-refractivity contribution in [3.63, 3.8) is 0 Å². The monoisotopic (exact) mass is 1530 g/mol. The van der Waals surface area contributed by atoms with Crippen LogP contribution in [0.4, 0.5) is 0 Å². The number of hydrogen-bond acceptors (Lipinski definition) is 37. The van der Waals surface area contributed by atoms with E-state index in [1.165, 1.54) is 13.8 Å². The van der Waals surface area contributed by atoms with Gasteiger partial charge in [-0.05, 0) is 104 Å². The van der Waals surface area contributed by atoms with Crippen molar-refractivity contribution in [3.05, 3.63) is 11.6 Å². The summed E-state index contributed by atoms with van der Waals surface area (Å²) < 4.78 is 83.8. The number of aliphatic hydroxyl groups excluding tert-OH is 19. The van der Waals surface area contributed by atoms with Crippen LogP contribution >= 0.6 is 0 Å². The molecule has 7 saturated heterocycles. The van der Waals surface area contributed by atoms with Crippen LogP contribution in [-0.2, 0) is 75.9 Å². The average Bonchev–Trinajstić information content (AvgIpc) is 0.670. The molecular formula is C69H108O37-2. The number of allylic oxidation sites excluding steroid dienone is 2. The van der Waals surface area contributed by atoms with Gasteiger partial charge in [0, 0.05) is 12.0 Å². The van der Waals surface area contributed by atoms with Crippen molar-refractivity contribution in [2.75, 3.05) is 39.6 Å². The van der Waals surface area contributed by atoms with Crippen LogP contribution in [-0.4, -0.2) is 357 Å². The fourth-order valence-corrected chi connectivity index (χ4v) is 20.1. The van der Waals surface area contributed by atoms with Crippen LogP contribution in [0.3, 0.4) is 0 Å². The Kier molecular flexibility index (Phi) is 24.4. The number of esters is 1. The lowest BCUT2D eigenvalue weighted by Crippen LogP contribution is -2.72. The number of rotatable bonds is 18. The molecule has 0 amide bonds. The number of carboxylic acids is 1. The minimum atomic E-state index is -2.14. The molecule has 0 radical (unpaired) electrons. The van der Waals surface area contributed by atoms with Crippen molar-refractivity contribution in [1.29, 1.82) is 0 Å². The SMILES string of the molecule is C[C@@H]1O[C@@H](O[C@H]2[C@H](OC(=O)[C@]34CCC(C)(C)C[C@H]3C3=CCC5[C@@]6(C)C[C@H](O)[C@H](O[C@@H]7O[C@H](CO)[C@@H](O)[C@H](O)[C@H]7O[C@@H]7O[C@H](CO)[C@@H](O)[C@H](O)[C@H]7O[C@@H]7O[C@H](CO)[C@@H](O)[C@H](O)[C@H]7O)[C@@](C)(C(=O)[O-])C6CC[C@@]5(C)[C@]3(C)CC4)OC[C@H](O)[C@@H]2O)[C@H](O)[C@H](O[C@@H]2OC[C@H]([O-])[C@H](O)[C@H]2O)[C@H]1O[C@@H]1OC[C@@H](O)[C@H](O)[C@H]1O. The molecular weight excluding hydrogens is 1420 g/mol. The van der Waals surface area contributed by atoms with Gasteiger partial charge in [0.25, 0.3) is 0 Å². The average molecular weight is 1530 g/mol. The van der Waals surface area contributed by atoms with Crippen LogP contribution < -0.4 is 10.2 Å². The molecule has 7 heterocycles. The summed E-state index contributed by atoms with van der Waals surface area (Å²) in [4.78, 5) is 30.0. The number of carbonyl (C=O) groups excluding carboxylic acids is 2. The van der Waals surface area contributed by atoms with Gasteiger partial charge in [0.05, 0.1) is 68.8 Å². The van der Waals surface area contributed by atoms with E-state index >= 15 is 4.79 Å². The highest BCUT2D eigenvalue weighted by Gasteiger charge is 2.73. The van der Waals surface area contributed by atoms with E-state index < -0.39 is 299 Å². The maximum atomic E-state index is 15.7. The summed E-state index contributed by atoms with van der Waals surface area (Å²) in [7, 11) is 0. The lowest BCUT2D eigenvalue weighted by molar-refractivity contribution is -0.474. The van der Waals surface area contributed by atoms with E-state index in [0.717, 1.165) is 5.57 Å². The number of hydrogen-bond donors (Lipinski definition) is 19. The Hall–Kier alpha value is -2.64. The van der Waals surface area contributed by atoms with Gasteiger partial charge >= 0.3 is 5.97 Å². The van der Waals surface area contributed by atoms with Crippen molar-refractivity contribution in [1.82, 2.24) is 0 Å². The normalized spacial score (nSPS) is 54.7. The minimum Gasteiger partial charge on any atom is -0.848 e. The smallest absolute Gasteiger partial charge is 0.315 e. The Balaban J connectivity index is 0.795. The number of ether oxygens (including phenoxy) is 14. The van der Waals surface area contributed by atoms with Crippen molar-refractivity contribution >= 4 is 11.9 Å². The molecule has 5 aliphatic carbocycles. The quantitative estimate of drug-likeness (QED) is 0.0344. The molecule has 37 heteroatoms. The summed E-state index contributed by atoms with van der Waals surface area (Å²) in [6.45, 7) is 8.66. The molecule has 19 N–H and O–H groups in total. The van der Waals surface area contributed by atoms with Crippen LogP contribution in [0.1, 0.15) is 106 Å². The first-order valence-corrected chi connectivity index (χ1v) is 36.7. The Morgan fingerprint density at radius 2 is 0.953 bits per heavy atom. The predicted octanol–water partition coefficient (Wildman–Crippen LogP) is -9.55. The minimum absolute atomic E-state index is 0.107. The van der Waals surface area contributed by atoms with Gasteiger partial charge < -0.3 is 178 Å². The number of carboxylic acid groups (broad SMARTS) is 1. The van der Waals surface area contributed by atoms with E-state index in [9.17, 15) is 112 Å². The zero-order chi connectivity index (χ0) is 77.3. The van der Waals surface area contributed by atoms with Gasteiger partial charge in [-0.3, -0.25) is 4.79 Å². The Bertz CT molecular complexity index is 3060. The fourth-order valence-electron chi connectivity index (χ4n) is 20.1. The molecule has 42 atom stereocenters. The zero-order valence-corrected chi connectivity index (χ0v) is 59.9. The van der Waals surface area contributed by atoms with Crippen LogP contribution in [0, 0.1) is 50.2 Å². The number of fused-ring (bicyclic) bond motifs is 7. The zero-order valence-electron chi connectivity index (χ0n) is 59.9. The second-order valence-corrected chi connectivity index (χ2v) is 33.2. The summed E-state index contributed by atoms with van der Waals surface area (Å²) >= 11 is 0. The second-order valence-electron chi connectivity index (χ2n) is 33.2. The third-order valence-corrected chi connectivity index (χ3v) is 26.6. The lowest BCUT2D eigenvalue weighted by atomic mass is 9.33. The van der Waals surface area contributed by atoms with Crippen LogP contribution in [0.5, 0.6) is 0 Å². The van der Waals surface area contributed by atoms with Gasteiger partial charge in [0.1, 0.15) is 128 Å². The fraction of sp³-hybridized carbons (Fsp3) is 0.942. The van der Waals surface area contributed by atoms with Crippen LogP contribution in [0.2, 0.25) is 0 Å². The molecule has 12 rings (SSSR count). The Morgan fingerprint density at radius 1 is 0.472 bits per heavy atom. The summed E-state index contributed by atoms with van der Waals surface area (Å²) in [5, 5.41) is 236. The molecule has 0 bridgehead atoms. The summed E-state index contributed by atoms with van der Waals surface area (Å²) in [5.41, 5.74) is -5.25. The van der Waals surface area contributed by atoms with Gasteiger partial charge in [-0.25, -0.2) is 0 Å². The number of aliphatic carboxylic acids is 1. The van der Waals surface area contributed by atoms with E-state index in [4.69, 9.17) is 66.3 Å². The molecule has 0 spiro atoms. The molecule has 608 valence electrons. The van der Waals surface area contributed by atoms with Gasteiger partial charge in [-0.15, -0.1) is 0 Å². The summed E-state index contributed by atoms with van der Waals surface area (Å²) in [6, 6.07) is 0. The maximum Gasteiger partial charge on any atom is 0.315 e. The number of aliphatic hydroxyl groups is 19. The van der Waals surface area contributed by atoms with Gasteiger partial charge in [0.15, 0.2) is 43.8 Å². The standard InChI is InChI=1S/C69H109O37/c1-24-49(100-55-45(86)36(77)28(74)21-93-55)50(101-56-46(87)37(78)29(75)22-94-56)48(89)58(96-24)102-51-38(79)30(76)23-95-59(51)106-63(92)69-14-12-64(2,3)16-26(69)25-8-9-34-65(4)17-27(73)54(68(7,62(90)91)35(65)10-11-67(34,6)66(25,5)13-15-69)105-61-53(44(85)41(82)33(20-72)99-61)104-60-52(43(84)40(81)32(19-71)98-60)103-57-47(88)42(83)39(80)31(18-70)97-57/h8,24,26-61,70-74,76-89H,9-23H2,1-7H3,(H,90,91)/q-1/p-1/t24-,26-,27-,28+,29-,30-,31+,32+,33+,34?,35?,36-,37-,38-,39+,40+,41+,42-,43-,44-,45+,46+,47+,48+,49-,50-,51+,52+,53+,54-,55-,56-,57-,58-,59-,60-,61-,65+,66+,67+,68-,69-/m0/s1. The largest absolute Gasteiger partial charge is 0.848 e. The van der Waals surface area contributed by atoms with Crippen molar-refractivity contribution < 1.29 is 183 Å². The molecule has 106 heavy (non-hydrogen) atoms. The van der Waals surface area contributed by atoms with Gasteiger partial charge in [-0.1, -0.05) is 59.3 Å². The molecule has 0 aromatic carbocycles. The maximum absolute atomic E-state index is 15.7. The van der Waals surface area contributed by atoms with Gasteiger partial charge in [0.2, 0.25) is 6.29 Å². The first kappa shape index (κ1) is 82.8. The molecule has 2 unspecified atom stereocenters. The number of carbonyl (C=O) groups is 2. The van der Waals surface area contributed by atoms with E-state index in [-0.39, 0.29) is 30.6 Å². The van der Waals surface area contributed by atoms with Crippen molar-refractivity contribution in [2.24, 2.45) is 50.2 Å². The van der Waals surface area contributed by atoms with Crippen LogP contribution in [0.25, 0.3) is 0 Å². The first-order valence-electron chi connectivity index (χ1n) is 36.7. The Labute approximate surface area is 609 Å². The highest BCUT2D eigenvalue weighted by Crippen LogP contribution is 2.76. The molecule has 0 aromatic rings. The highest BCUT2D eigenvalue weighted by molar-refractivity contribution is 5.79. The van der Waals surface area contributed by atoms with Gasteiger partial charge in [-0.2, -0.15) is 0 Å². The molecule has 12 aliphatic rings. The highest BCUT2D eigenvalue weighted by atomic mass is 16.8. The molecule has 0 aromatic heterocycles. The molecule has 11 fully saturated rings. The van der Waals surface area contributed by atoms with E-state index in [2.05, 4.69) is 33.8 Å². The van der Waals surface area contributed by atoms with Crippen molar-refractivity contribution in [2.45, 2.75) is 315 Å². The van der Waals surface area contributed by atoms with E-state index in [1.54, 1.807) is 0 Å². The summed E-state index contributed by atoms with van der Waals surface area (Å²) in [6.07, 6.45) is -57.6. The second kappa shape index (κ2) is 31.3. The lowest BCUT2D eigenvalue weighted by Gasteiger charge is -2.72. The topological polar surface area (TPSA) is 594 Å². The predicted molar refractivity (Wildman–Crippen MR) is 340 cm³/mol. The molecule has 37 nitrogen and oxygen atoms in total.